The van der Waals surface area contributed by atoms with Crippen LogP contribution >= 0.6 is 0 Å². The molecule has 0 atom stereocenters. The molecule has 0 unspecified atom stereocenters. The highest BCUT2D eigenvalue weighted by molar-refractivity contribution is 5.81. The second-order valence-corrected chi connectivity index (χ2v) is 9.24. The second kappa shape index (κ2) is 5.86. The normalized spacial score (nSPS) is 23.3. The number of hydrogen-bond acceptors (Lipinski definition) is 1. The Bertz CT molecular complexity index is 758. The molecule has 1 aromatic carbocycles. The van der Waals surface area contributed by atoms with Gasteiger partial charge in [0.25, 0.3) is 0 Å². The fourth-order valence-electron chi connectivity index (χ4n) is 4.12. The van der Waals surface area contributed by atoms with E-state index in [0.717, 1.165) is 18.4 Å². The molecule has 0 aromatic heterocycles. The molecule has 0 heterocycles. The van der Waals surface area contributed by atoms with Gasteiger partial charge in [0.2, 0.25) is 0 Å². The SMILES string of the molecule is CC(C=CC1(c2ccc3c(c2)C(C)(C)CCC3(C)C)CC1)=CC(=O)O. The number of allylic oxidation sites excluding steroid dienone is 3. The van der Waals surface area contributed by atoms with E-state index < -0.39 is 5.97 Å². The monoisotopic (exact) mass is 338 g/mol. The maximum absolute atomic E-state index is 10.8. The van der Waals surface area contributed by atoms with Gasteiger partial charge in [0.1, 0.15) is 0 Å². The number of carboxylic acid groups (broad SMARTS) is 1. The molecule has 1 fully saturated rings. The lowest BCUT2D eigenvalue weighted by atomic mass is 9.62. The summed E-state index contributed by atoms with van der Waals surface area (Å²) in [7, 11) is 0. The number of carbonyl (C=O) groups is 1. The molecule has 134 valence electrons. The predicted octanol–water partition coefficient (Wildman–Crippen LogP) is 5.65. The minimum atomic E-state index is -0.884. The van der Waals surface area contributed by atoms with Gasteiger partial charge in [-0.3, -0.25) is 0 Å². The summed E-state index contributed by atoms with van der Waals surface area (Å²) < 4.78 is 0. The molecule has 1 saturated carbocycles. The van der Waals surface area contributed by atoms with Crippen molar-refractivity contribution in [1.82, 2.24) is 0 Å². The van der Waals surface area contributed by atoms with Crippen molar-refractivity contribution in [3.8, 4) is 0 Å². The predicted molar refractivity (Wildman–Crippen MR) is 103 cm³/mol. The van der Waals surface area contributed by atoms with Gasteiger partial charge in [-0.15, -0.1) is 0 Å². The topological polar surface area (TPSA) is 37.3 Å². The Hall–Kier alpha value is -1.83. The van der Waals surface area contributed by atoms with Crippen molar-refractivity contribution in [1.29, 1.82) is 0 Å². The Morgan fingerprint density at radius 3 is 2.16 bits per heavy atom. The first kappa shape index (κ1) is 18.0. The highest BCUT2D eigenvalue weighted by Gasteiger charge is 2.44. The number of aliphatic carboxylic acids is 1. The first-order valence-corrected chi connectivity index (χ1v) is 9.32. The Kier molecular flexibility index (Phi) is 4.21. The molecule has 0 aliphatic heterocycles. The van der Waals surface area contributed by atoms with E-state index in [1.54, 1.807) is 0 Å². The Balaban J connectivity index is 1.97. The van der Waals surface area contributed by atoms with Gasteiger partial charge in [-0.1, -0.05) is 58.0 Å². The third kappa shape index (κ3) is 3.44. The highest BCUT2D eigenvalue weighted by Crippen LogP contribution is 2.53. The zero-order valence-electron chi connectivity index (χ0n) is 16.1. The number of hydrogen-bond donors (Lipinski definition) is 1. The Labute approximate surface area is 151 Å². The average molecular weight is 338 g/mol. The molecule has 3 rings (SSSR count). The maximum atomic E-state index is 10.8. The average Bonchev–Trinajstić information content (AvgIpc) is 3.30. The van der Waals surface area contributed by atoms with Gasteiger partial charge in [-0.2, -0.15) is 0 Å². The van der Waals surface area contributed by atoms with Crippen molar-refractivity contribution in [2.45, 2.75) is 76.5 Å². The number of carboxylic acids is 1. The van der Waals surface area contributed by atoms with Crippen LogP contribution < -0.4 is 0 Å². The molecular weight excluding hydrogens is 308 g/mol. The van der Waals surface area contributed by atoms with Crippen LogP contribution in [-0.2, 0) is 21.0 Å². The summed E-state index contributed by atoms with van der Waals surface area (Å²) in [6.07, 6.45) is 10.2. The van der Waals surface area contributed by atoms with Crippen LogP contribution in [-0.4, -0.2) is 11.1 Å². The van der Waals surface area contributed by atoms with Gasteiger partial charge >= 0.3 is 5.97 Å². The molecule has 0 radical (unpaired) electrons. The van der Waals surface area contributed by atoms with Gasteiger partial charge in [0, 0.05) is 11.5 Å². The second-order valence-electron chi connectivity index (χ2n) is 9.24. The van der Waals surface area contributed by atoms with Crippen LogP contribution in [0.1, 0.15) is 77.0 Å². The summed E-state index contributed by atoms with van der Waals surface area (Å²) in [5.74, 6) is -0.884. The van der Waals surface area contributed by atoms with E-state index in [9.17, 15) is 4.79 Å². The van der Waals surface area contributed by atoms with E-state index in [2.05, 4.69) is 52.0 Å². The van der Waals surface area contributed by atoms with Gasteiger partial charge in [0.05, 0.1) is 0 Å². The molecule has 0 spiro atoms. The van der Waals surface area contributed by atoms with Gasteiger partial charge in [0.15, 0.2) is 0 Å². The summed E-state index contributed by atoms with van der Waals surface area (Å²) in [5.41, 5.74) is 5.74. The molecule has 2 aliphatic carbocycles. The van der Waals surface area contributed by atoms with Crippen LogP contribution in [0, 0.1) is 0 Å². The fraction of sp³-hybridized carbons (Fsp3) is 0.522. The van der Waals surface area contributed by atoms with E-state index in [1.165, 1.54) is 35.6 Å². The minimum Gasteiger partial charge on any atom is -0.478 e. The molecule has 2 aliphatic rings. The van der Waals surface area contributed by atoms with E-state index in [0.29, 0.717) is 0 Å². The number of fused-ring (bicyclic) bond motifs is 1. The zero-order chi connectivity index (χ0) is 18.5. The van der Waals surface area contributed by atoms with E-state index in [-0.39, 0.29) is 16.2 Å². The largest absolute Gasteiger partial charge is 0.478 e. The molecule has 2 nitrogen and oxygen atoms in total. The van der Waals surface area contributed by atoms with Crippen LogP contribution in [0.2, 0.25) is 0 Å². The van der Waals surface area contributed by atoms with Crippen molar-refractivity contribution in [2.24, 2.45) is 0 Å². The molecule has 1 aromatic rings. The van der Waals surface area contributed by atoms with E-state index >= 15 is 0 Å². The lowest BCUT2D eigenvalue weighted by Crippen LogP contribution is -2.34. The van der Waals surface area contributed by atoms with Crippen LogP contribution in [0.25, 0.3) is 0 Å². The standard InChI is InChI=1S/C23H30O2/c1-16(14-20(24)25)8-9-23(12-13-23)17-6-7-18-19(15-17)22(4,5)11-10-21(18,2)3/h6-9,14-15H,10-13H2,1-5H3,(H,24,25). The van der Waals surface area contributed by atoms with Crippen molar-refractivity contribution in [2.75, 3.05) is 0 Å². The first-order chi connectivity index (χ1) is 11.6. The maximum Gasteiger partial charge on any atom is 0.328 e. The highest BCUT2D eigenvalue weighted by atomic mass is 16.4. The Morgan fingerprint density at radius 1 is 1.00 bits per heavy atom. The van der Waals surface area contributed by atoms with Crippen molar-refractivity contribution in [3.63, 3.8) is 0 Å². The lowest BCUT2D eigenvalue weighted by Gasteiger charge is -2.42. The third-order valence-electron chi connectivity index (χ3n) is 6.23. The third-order valence-corrected chi connectivity index (χ3v) is 6.23. The zero-order valence-corrected chi connectivity index (χ0v) is 16.1. The summed E-state index contributed by atoms with van der Waals surface area (Å²) in [6.45, 7) is 11.3. The smallest absolute Gasteiger partial charge is 0.328 e. The number of rotatable bonds is 4. The van der Waals surface area contributed by atoms with Crippen molar-refractivity contribution < 1.29 is 9.90 Å². The quantitative estimate of drug-likeness (QED) is 0.568. The van der Waals surface area contributed by atoms with Crippen LogP contribution in [0.3, 0.4) is 0 Å². The van der Waals surface area contributed by atoms with Crippen LogP contribution in [0.5, 0.6) is 0 Å². The molecule has 0 amide bonds. The molecule has 0 saturated heterocycles. The van der Waals surface area contributed by atoms with Crippen LogP contribution in [0.4, 0.5) is 0 Å². The lowest BCUT2D eigenvalue weighted by molar-refractivity contribution is -0.131. The summed E-state index contributed by atoms with van der Waals surface area (Å²) in [6, 6.07) is 7.08. The van der Waals surface area contributed by atoms with E-state index in [1.807, 2.05) is 13.0 Å². The minimum absolute atomic E-state index is 0.0975. The van der Waals surface area contributed by atoms with E-state index in [4.69, 9.17) is 5.11 Å². The fourth-order valence-corrected chi connectivity index (χ4v) is 4.12. The molecular formula is C23H30O2. The first-order valence-electron chi connectivity index (χ1n) is 9.32. The van der Waals surface area contributed by atoms with Gasteiger partial charge in [-0.25, -0.2) is 4.79 Å². The Morgan fingerprint density at radius 2 is 1.60 bits per heavy atom. The molecule has 0 bridgehead atoms. The summed E-state index contributed by atoms with van der Waals surface area (Å²) in [5, 5.41) is 8.87. The van der Waals surface area contributed by atoms with Crippen LogP contribution in [0.15, 0.2) is 42.0 Å². The van der Waals surface area contributed by atoms with Gasteiger partial charge < -0.3 is 5.11 Å². The molecule has 25 heavy (non-hydrogen) atoms. The molecule has 1 N–H and O–H groups in total. The molecule has 2 heteroatoms. The number of benzene rings is 1. The van der Waals surface area contributed by atoms with Crippen molar-refractivity contribution >= 4 is 5.97 Å². The summed E-state index contributed by atoms with van der Waals surface area (Å²) in [4.78, 5) is 10.8. The van der Waals surface area contributed by atoms with Gasteiger partial charge in [-0.05, 0) is 65.7 Å². The summed E-state index contributed by atoms with van der Waals surface area (Å²) >= 11 is 0. The van der Waals surface area contributed by atoms with Crippen molar-refractivity contribution in [3.05, 3.63) is 58.7 Å².